The number of piperidine rings is 3. The van der Waals surface area contributed by atoms with Crippen LogP contribution in [0.15, 0.2) is 206 Å². The van der Waals surface area contributed by atoms with E-state index in [4.69, 9.17) is 20.3 Å². The number of carboxylic acids is 1. The number of likely N-dealkylation sites (tertiary alicyclic amines) is 2. The van der Waals surface area contributed by atoms with Crippen LogP contribution in [0.2, 0.25) is 0 Å². The molecule has 8 atom stereocenters. The molecule has 0 spiro atoms. The molecule has 0 aromatic heterocycles. The summed E-state index contributed by atoms with van der Waals surface area (Å²) >= 11 is 0. The number of methoxy groups -OCH3 is 2. The number of carboxylic acid groups (broad SMARTS) is 1. The van der Waals surface area contributed by atoms with E-state index in [9.17, 15) is 98.4 Å². The summed E-state index contributed by atoms with van der Waals surface area (Å²) < 4.78 is 19.8. The Bertz CT molecular complexity index is 6030. The van der Waals surface area contributed by atoms with Gasteiger partial charge in [-0.1, -0.05) is 103 Å². The van der Waals surface area contributed by atoms with Crippen molar-refractivity contribution in [3.8, 4) is 0 Å². The van der Waals surface area contributed by atoms with E-state index in [0.29, 0.717) is 121 Å². The predicted octanol–water partition coefficient (Wildman–Crippen LogP) is 7.20. The van der Waals surface area contributed by atoms with Gasteiger partial charge in [0.05, 0.1) is 57.1 Å². The van der Waals surface area contributed by atoms with Crippen molar-refractivity contribution in [2.45, 2.75) is 210 Å². The number of β-amino-alcohol motifs (C(OH)–C–C–N with tert-alkyl or cyclic N) is 4. The third-order valence-corrected chi connectivity index (χ3v) is 25.8. The Hall–Kier alpha value is -12.1. The second-order valence-electron chi connectivity index (χ2n) is 40.0. The number of carbonyl (C=O) groups excluding carboxylic acids is 11. The molecular formula is C108H136Cl2N11NaO26. The number of hydrogen-bond acceptors (Lipinski definition) is 27. The normalized spacial score (nSPS) is 21.8. The Morgan fingerprint density at radius 2 is 0.689 bits per heavy atom. The van der Waals surface area contributed by atoms with Crippen LogP contribution < -0.4 is 75.7 Å². The molecule has 40 heteroatoms. The summed E-state index contributed by atoms with van der Waals surface area (Å²) in [4.78, 5) is 154. The van der Waals surface area contributed by atoms with Crippen molar-refractivity contribution in [2.24, 2.45) is 5.73 Å². The molecule has 0 radical (unpaired) electrons. The van der Waals surface area contributed by atoms with Crippen LogP contribution >= 0.6 is 24.8 Å². The third kappa shape index (κ3) is 32.5. The zero-order valence-electron chi connectivity index (χ0n) is 85.8. The molecule has 8 aromatic rings. The van der Waals surface area contributed by atoms with Crippen molar-refractivity contribution < 1.29 is 157 Å². The van der Waals surface area contributed by atoms with E-state index in [1.807, 2.05) is 88.6 Å². The average Bonchev–Trinajstić information content (AvgIpc) is 1.64. The van der Waals surface area contributed by atoms with E-state index in [1.54, 1.807) is 108 Å². The second-order valence-corrected chi connectivity index (χ2v) is 40.0. The van der Waals surface area contributed by atoms with Gasteiger partial charge in [0.1, 0.15) is 33.6 Å². The molecule has 8 aliphatic rings. The van der Waals surface area contributed by atoms with Crippen molar-refractivity contribution in [2.75, 3.05) is 111 Å². The van der Waals surface area contributed by atoms with E-state index in [2.05, 4.69) is 67.9 Å². The minimum absolute atomic E-state index is 0. The fourth-order valence-electron chi connectivity index (χ4n) is 17.8. The first-order chi connectivity index (χ1) is 67.9. The summed E-state index contributed by atoms with van der Waals surface area (Å²) in [6, 6.07) is 57.5. The van der Waals surface area contributed by atoms with Crippen molar-refractivity contribution in [3.05, 3.63) is 267 Å². The van der Waals surface area contributed by atoms with Crippen molar-refractivity contribution in [3.63, 3.8) is 0 Å². The molecule has 15 N–H and O–H groups in total. The molecule has 0 bridgehead atoms. The number of alkyl carbamates (subject to hydrolysis) is 2. The van der Waals surface area contributed by atoms with E-state index in [1.165, 1.54) is 115 Å². The fraction of sp³-hybridized carbons (Fsp3) is 0.426. The minimum Gasteiger partial charge on any atom is -0.870 e. The number of nitrogens with zero attached hydrogens (tertiary/aromatic N) is 7. The topological polar surface area (TPSA) is 539 Å². The molecule has 794 valence electrons. The molecule has 0 unspecified atom stereocenters. The molecule has 8 heterocycles. The maximum atomic E-state index is 13.3. The van der Waals surface area contributed by atoms with Crippen molar-refractivity contribution in [1.82, 2.24) is 25.8 Å². The summed E-state index contributed by atoms with van der Waals surface area (Å²) in [5, 5.41) is 97.3. The van der Waals surface area contributed by atoms with Crippen LogP contribution in [0, 0.1) is 0 Å². The van der Waals surface area contributed by atoms with Gasteiger partial charge < -0.3 is 126 Å². The van der Waals surface area contributed by atoms with Gasteiger partial charge in [0.25, 0.3) is 41.4 Å². The summed E-state index contributed by atoms with van der Waals surface area (Å²) in [7, 11) is 2.60. The Morgan fingerprint density at radius 1 is 0.412 bits per heavy atom. The predicted molar refractivity (Wildman–Crippen MR) is 554 cm³/mol. The summed E-state index contributed by atoms with van der Waals surface area (Å²) in [5.74, 6) is -3.27. The minimum atomic E-state index is -1.54. The number of halogens is 2. The van der Waals surface area contributed by atoms with E-state index >= 15 is 0 Å². The number of ether oxygens (including phenoxy) is 4. The number of amides is 9. The molecule has 16 rings (SSSR count). The Labute approximate surface area is 895 Å². The van der Waals surface area contributed by atoms with Crippen LogP contribution in [0.3, 0.4) is 0 Å². The zero-order chi connectivity index (χ0) is 105. The molecule has 37 nitrogen and oxygen atoms in total. The summed E-state index contributed by atoms with van der Waals surface area (Å²) in [6.07, 6.45) is 0.637. The van der Waals surface area contributed by atoms with Crippen LogP contribution in [0.25, 0.3) is 0 Å². The number of hydrogen-bond donors (Lipinski definition) is 13. The quantitative estimate of drug-likeness (QED) is 0.0229. The Balaban J connectivity index is 0.000000245. The van der Waals surface area contributed by atoms with Crippen LogP contribution in [0.5, 0.6) is 0 Å². The van der Waals surface area contributed by atoms with Crippen molar-refractivity contribution >= 4 is 125 Å². The molecular weight excluding hydrogens is 1960 g/mol. The molecule has 0 saturated carbocycles. The molecule has 7 saturated heterocycles. The van der Waals surface area contributed by atoms with Gasteiger partial charge in [-0.15, -0.1) is 24.8 Å². The van der Waals surface area contributed by atoms with Gasteiger partial charge in [0, 0.05) is 98.0 Å². The number of aromatic carboxylic acids is 1. The zero-order valence-corrected chi connectivity index (χ0v) is 89.4. The maximum absolute atomic E-state index is 13.3. The largest absolute Gasteiger partial charge is 1.00 e. The maximum Gasteiger partial charge on any atom is 1.00 e. The number of nitrogens with one attached hydrogen (secondary N) is 3. The van der Waals surface area contributed by atoms with Gasteiger partial charge in [-0.25, -0.2) is 24.0 Å². The molecule has 0 aliphatic carbocycles. The van der Waals surface area contributed by atoms with Crippen molar-refractivity contribution in [1.29, 1.82) is 0 Å². The monoisotopic (exact) mass is 2100 g/mol. The number of aliphatic hydroxyl groups is 8. The Kier molecular flexibility index (Phi) is 44.3. The van der Waals surface area contributed by atoms with Crippen LogP contribution in [-0.4, -0.2) is 277 Å². The third-order valence-electron chi connectivity index (χ3n) is 25.8. The van der Waals surface area contributed by atoms with Crippen LogP contribution in [-0.2, 0) is 62.6 Å². The molecule has 148 heavy (non-hydrogen) atoms. The first-order valence-electron chi connectivity index (χ1n) is 47.8. The second kappa shape index (κ2) is 53.3. The van der Waals surface area contributed by atoms with Crippen LogP contribution in [0.1, 0.15) is 218 Å². The van der Waals surface area contributed by atoms with Gasteiger partial charge in [-0.2, -0.15) is 0 Å². The number of rotatable bonds is 18. The summed E-state index contributed by atoms with van der Waals surface area (Å²) in [6.45, 7) is 25.1. The summed E-state index contributed by atoms with van der Waals surface area (Å²) in [5.41, 5.74) is 11.0. The first-order valence-corrected chi connectivity index (χ1v) is 47.8. The number of esters is 2. The molecule has 7 fully saturated rings. The number of benzene rings is 8. The number of aliphatic hydroxyl groups excluding tert-OH is 4. The van der Waals surface area contributed by atoms with Gasteiger partial charge in [-0.3, -0.25) is 33.6 Å². The van der Waals surface area contributed by atoms with Gasteiger partial charge in [0.15, 0.2) is 24.4 Å². The fourth-order valence-corrected chi connectivity index (χ4v) is 17.8. The number of carbonyl (C=O) groups is 12. The van der Waals surface area contributed by atoms with Crippen LogP contribution in [0.4, 0.5) is 38.0 Å². The van der Waals surface area contributed by atoms with E-state index in [-0.39, 0.29) is 115 Å². The first kappa shape index (κ1) is 123. The SMILES string of the molecule is CC(C)(C)OC(=O)NCc1cccc(C2CCN(C(=O)c3cccc(N4C[C@@](C)(O)[C@@H](O)C4=O)c3)CC2)c1.CC(C)(C)OC(=O)NCc1cccc(C2CCNCC2)c1.COC(=O)c1cccc(N2CC(C)=CC2=O)c1.COC(=O)c1cccc(N2C[C@@](C)(O)[C@@H](O)C2=O)c1.C[C@@]1(O)CN(c2cccc(C(=O)N3CCC(c4cccc(CN)c4)CC3)c2)C(=O)[C@@H]1O.C[C@@]1(O)CN(c2cccc(C(=O)O)c2)C(=O)[C@@H]1O.Cl.Cl.[Na+].[OH-]. The average molecular weight is 2100 g/mol. The number of nitrogens with two attached hydrogens (primary N) is 1. The number of anilines is 5. The molecule has 8 aliphatic heterocycles. The molecule has 8 aromatic carbocycles. The standard InChI is InChI=1S/C29H37N3O6.C24H29N3O4.C17H26N2O2.C13H15NO5.C13H13NO3.C12H13NO5.2ClH.Na.H2O/c1-28(2,3)38-27(36)30-17-19-7-5-8-21(15-19)20-11-13-31(14-12-20)25(34)22-9-6-10-23(16-22)32-18-29(4,37)24(33)26(32)35;1-24(31)15-27(23(30)21(24)28)20-7-3-6-19(13-20)22(29)26-10-8-17(9-11-26)18-5-2-4-16(12-18)14-25;1-17(2,3)21-16(20)19-12-13-5-4-6-15(11-13)14-7-9-18-10-8-14;1-13(18)7-14(11(16)10(13)15)9-5-3-4-8(6-9)12(17)19-2;1-9-6-12(15)14(8-9)11-5-3-4-10(7-11)13(16)17-2;1-12(18)6-13(10(15)9(12)14)8-4-2-3-7(5-8)11(16)17;;;;/h5-10,15-16,20,24,33,37H,11-14,17-18H2,1-4H3,(H,30,36);2-7,12-13,17,21,28,31H,8-11,14-15,25H2,1H3;4-6,11,14,18H,7-10,12H2,1-3H3,(H,19,20);3-6,10,15,18H,7H2,1-2H3;3-7H,8H2,1-2H3;2-5,9,14,18H,6H2,1H3,(H,16,17);2*1H;;1H2/q;;;;;;;;+1;/p-1/t24-,29+;21-,24+;;10-,13+;;9-,12+;;;;/m00.0.0..../s1. The molecule has 9 amide bonds. The van der Waals surface area contributed by atoms with E-state index < -0.39 is 106 Å². The van der Waals surface area contributed by atoms with Gasteiger partial charge >= 0.3 is 59.7 Å². The Morgan fingerprint density at radius 3 is 0.973 bits per heavy atom. The van der Waals surface area contributed by atoms with Gasteiger partial charge in [0.2, 0.25) is 0 Å². The van der Waals surface area contributed by atoms with Gasteiger partial charge in [-0.05, 0) is 275 Å². The smallest absolute Gasteiger partial charge is 0.870 e. The van der Waals surface area contributed by atoms with E-state index in [0.717, 1.165) is 61.0 Å².